The minimum Gasteiger partial charge on any atom is -0.422 e. The van der Waals surface area contributed by atoms with Gasteiger partial charge in [-0.15, -0.1) is 0 Å². The summed E-state index contributed by atoms with van der Waals surface area (Å²) in [5, 5.41) is 0. The molecule has 1 heterocycles. The molecule has 8 rings (SSSR count). The number of alkyl halides is 24. The van der Waals surface area contributed by atoms with E-state index in [1.807, 2.05) is 83.6 Å². The number of hydrogen-bond acceptors (Lipinski definition) is 3. The summed E-state index contributed by atoms with van der Waals surface area (Å²) >= 11 is 0. The highest BCUT2D eigenvalue weighted by molar-refractivity contribution is 7.20. The highest BCUT2D eigenvalue weighted by atomic mass is 19.4. The van der Waals surface area contributed by atoms with E-state index in [-0.39, 0.29) is 5.69 Å². The average molecular weight is 1230 g/mol. The van der Waals surface area contributed by atoms with E-state index in [0.717, 1.165) is 16.7 Å². The number of esters is 1. The Balaban J connectivity index is 0.000000306. The van der Waals surface area contributed by atoms with Gasteiger partial charge in [0.2, 0.25) is 11.9 Å². The summed E-state index contributed by atoms with van der Waals surface area (Å²) in [6, 6.07) is 18.7. The van der Waals surface area contributed by atoms with E-state index in [1.54, 1.807) is 24.5 Å². The maximum Gasteiger partial charge on any atom is 0.416 e. The zero-order valence-electron chi connectivity index (χ0n) is 41.8. The summed E-state index contributed by atoms with van der Waals surface area (Å²) in [4.78, 5) is 16.6. The van der Waals surface area contributed by atoms with Crippen molar-refractivity contribution in [1.82, 2.24) is 4.98 Å². The molecule has 0 unspecified atom stereocenters. The Hall–Kier alpha value is -8.53. The Morgan fingerprint density at radius 2 is 0.659 bits per heavy atom. The quantitative estimate of drug-likeness (QED) is 0.0476. The molecule has 0 radical (unpaired) electrons. The lowest BCUT2D eigenvalue weighted by Gasteiger charge is -2.46. The van der Waals surface area contributed by atoms with Crippen LogP contribution in [-0.2, 0) is 56.0 Å². The minimum atomic E-state index is -6.13. The number of carbonyl (C=O) groups is 1. The Morgan fingerprint density at radius 3 is 0.953 bits per heavy atom. The Labute approximate surface area is 462 Å². The number of rotatable bonds is 9. The van der Waals surface area contributed by atoms with Gasteiger partial charge in [-0.05, 0) is 47.5 Å². The largest absolute Gasteiger partial charge is 0.422 e. The Morgan fingerprint density at radius 1 is 0.376 bits per heavy atom. The third kappa shape index (κ3) is 15.2. The molecule has 0 amide bonds. The molecule has 85 heavy (non-hydrogen) atoms. The molecule has 0 spiro atoms. The molecule has 0 bridgehead atoms. The van der Waals surface area contributed by atoms with Crippen LogP contribution in [0.4, 0.5) is 105 Å². The average Bonchev–Trinajstić information content (AvgIpc) is 1.17. The predicted octanol–water partition coefficient (Wildman–Crippen LogP) is 15.5. The van der Waals surface area contributed by atoms with Crippen molar-refractivity contribution in [3.05, 3.63) is 232 Å². The highest BCUT2D eigenvalue weighted by Crippen LogP contribution is 2.42. The smallest absolute Gasteiger partial charge is 0.416 e. The Bertz CT molecular complexity index is 3240. The van der Waals surface area contributed by atoms with Crippen LogP contribution < -0.4 is 31.2 Å². The number of aromatic nitrogens is 2. The number of nitrogens with zero attached hydrogens (tertiary/aromatic N) is 2. The lowest BCUT2D eigenvalue weighted by Crippen LogP contribution is -2.75. The fourth-order valence-corrected chi connectivity index (χ4v) is 9.01. The van der Waals surface area contributed by atoms with Crippen molar-refractivity contribution in [1.29, 1.82) is 0 Å². The normalized spacial score (nSPS) is 13.0. The van der Waals surface area contributed by atoms with Gasteiger partial charge in [0, 0.05) is 5.56 Å². The van der Waals surface area contributed by atoms with Crippen molar-refractivity contribution in [2.75, 3.05) is 0 Å². The lowest BCUT2D eigenvalue weighted by molar-refractivity contribution is -0.689. The fraction of sp³-hybridized carbons (Fsp3) is 0.161. The van der Waals surface area contributed by atoms with E-state index in [2.05, 4.69) is 4.98 Å². The van der Waals surface area contributed by atoms with Gasteiger partial charge in [-0.3, -0.25) is 0 Å². The van der Waals surface area contributed by atoms with E-state index >= 15 is 0 Å². The van der Waals surface area contributed by atoms with Crippen LogP contribution in [0.2, 0.25) is 0 Å². The van der Waals surface area contributed by atoms with Crippen molar-refractivity contribution >= 4 is 34.0 Å². The molecule has 7 aromatic carbocycles. The van der Waals surface area contributed by atoms with E-state index in [9.17, 15) is 110 Å². The van der Waals surface area contributed by atoms with Gasteiger partial charge < -0.3 is 4.74 Å². The fourth-order valence-electron chi connectivity index (χ4n) is 9.01. The third-order valence-electron chi connectivity index (χ3n) is 12.8. The summed E-state index contributed by atoms with van der Waals surface area (Å²) in [6.45, 7) is 0.662. The molecule has 8 aromatic rings. The predicted molar refractivity (Wildman–Crippen MR) is 257 cm³/mol. The molecule has 0 aliphatic heterocycles. The van der Waals surface area contributed by atoms with Gasteiger partial charge in [0.05, 0.1) is 50.7 Å². The number of benzene rings is 7. The first-order valence-electron chi connectivity index (χ1n) is 23.7. The first kappa shape index (κ1) is 64.0. The summed E-state index contributed by atoms with van der Waals surface area (Å²) < 4.78 is 348. The third-order valence-corrected chi connectivity index (χ3v) is 12.8. The number of hydrogen-bond donors (Lipinski definition) is 0. The lowest BCUT2D eigenvalue weighted by atomic mass is 9.12. The van der Waals surface area contributed by atoms with Crippen LogP contribution in [0, 0.1) is 0 Å². The maximum atomic E-state index is 14.2. The zero-order chi connectivity index (χ0) is 63.1. The standard InChI is InChI=1S/C32H12BF24.C24H19N2O2/c34-25(35,36)13-1-14(26(37,38)39)6-21(5-13)33(22-7-15(27(40,41)42)2-16(8-22)28(43,44)45,23-9-17(29(46,47)48)3-18(10-23)30(49,50)51)24-11-19(31(52,53)54)4-20(12-24)32(55,56)57;27-24(23-18-26(16-15-25-23)17-19-7-3-1-4-8-19)28-22-13-11-21(12-14-22)20-9-5-2-6-10-20/h1-12H;1-16,18H,17H2/q-1;+1. The van der Waals surface area contributed by atoms with Crippen molar-refractivity contribution in [3.63, 3.8) is 0 Å². The van der Waals surface area contributed by atoms with E-state index in [0.29, 0.717) is 12.3 Å². The summed E-state index contributed by atoms with van der Waals surface area (Å²) in [7, 11) is 0. The molecule has 0 saturated carbocycles. The van der Waals surface area contributed by atoms with Crippen LogP contribution in [-0.4, -0.2) is 17.1 Å². The molecule has 0 atom stereocenters. The van der Waals surface area contributed by atoms with Crippen LogP contribution in [0.25, 0.3) is 11.1 Å². The van der Waals surface area contributed by atoms with Crippen LogP contribution in [0.3, 0.4) is 0 Å². The number of carbonyl (C=O) groups excluding carboxylic acids is 1. The molecule has 1 aromatic heterocycles. The first-order valence-corrected chi connectivity index (χ1v) is 23.7. The number of ether oxygens (including phenoxy) is 1. The van der Waals surface area contributed by atoms with Crippen LogP contribution in [0.5, 0.6) is 5.75 Å². The monoisotopic (exact) mass is 1230 g/mol. The maximum absolute atomic E-state index is 14.2. The van der Waals surface area contributed by atoms with E-state index < -0.39 is 201 Å². The van der Waals surface area contributed by atoms with Crippen molar-refractivity contribution in [2.45, 2.75) is 56.0 Å². The van der Waals surface area contributed by atoms with Crippen LogP contribution in [0.1, 0.15) is 60.6 Å². The van der Waals surface area contributed by atoms with Gasteiger partial charge in [-0.2, -0.15) is 132 Å². The molecular formula is C56H31BF24N2O2. The zero-order valence-corrected chi connectivity index (χ0v) is 41.8. The van der Waals surface area contributed by atoms with Gasteiger partial charge in [-0.25, -0.2) is 9.78 Å². The molecule has 448 valence electrons. The van der Waals surface area contributed by atoms with Gasteiger partial charge in [0.15, 0.2) is 12.7 Å². The second kappa shape index (κ2) is 23.1. The van der Waals surface area contributed by atoms with Crippen molar-refractivity contribution < 1.29 is 119 Å². The first-order chi connectivity index (χ1) is 39.0. The summed E-state index contributed by atoms with van der Waals surface area (Å²) in [5.41, 5.74) is -26.6. The van der Waals surface area contributed by atoms with Gasteiger partial charge in [0.25, 0.3) is 0 Å². The topological polar surface area (TPSA) is 43.1 Å². The van der Waals surface area contributed by atoms with E-state index in [1.165, 1.54) is 0 Å². The molecule has 0 saturated heterocycles. The molecule has 0 N–H and O–H groups in total. The highest BCUT2D eigenvalue weighted by Gasteiger charge is 2.47. The minimum absolute atomic E-state index is 0.269. The second-order valence-corrected chi connectivity index (χ2v) is 18.6. The molecule has 0 aliphatic rings. The summed E-state index contributed by atoms with van der Waals surface area (Å²) in [6.07, 6.45) is -49.7. The molecule has 0 aliphatic carbocycles. The molecular weight excluding hydrogens is 1200 g/mol. The van der Waals surface area contributed by atoms with E-state index in [4.69, 9.17) is 4.74 Å². The Kier molecular flexibility index (Phi) is 17.4. The summed E-state index contributed by atoms with van der Waals surface area (Å²) in [5.74, 6) is 0.0137. The molecule has 29 heteroatoms. The number of halogens is 24. The SMILES string of the molecule is FC(F)(F)c1cc([B-](c2cc(C(F)(F)F)cc(C(F)(F)F)c2)(c2cc(C(F)(F)F)cc(C(F)(F)F)c2)c2cc(C(F)(F)F)cc(C(F)(F)F)c2)cc(C(F)(F)F)c1.O=C(Oc1ccc(-c2ccccc2)cc1)c1c[n+](Cc2ccccc2)ccn1. The van der Waals surface area contributed by atoms with Crippen LogP contribution in [0.15, 0.2) is 176 Å². The van der Waals surface area contributed by atoms with Crippen molar-refractivity contribution in [3.8, 4) is 16.9 Å². The molecule has 0 fully saturated rings. The van der Waals surface area contributed by atoms with Gasteiger partial charge in [0.1, 0.15) is 11.9 Å². The second-order valence-electron chi connectivity index (χ2n) is 18.6. The molecule has 4 nitrogen and oxygen atoms in total. The van der Waals surface area contributed by atoms with Gasteiger partial charge in [-0.1, -0.05) is 121 Å². The van der Waals surface area contributed by atoms with Gasteiger partial charge >= 0.3 is 55.4 Å². The van der Waals surface area contributed by atoms with Crippen LogP contribution >= 0.6 is 0 Å². The van der Waals surface area contributed by atoms with Crippen molar-refractivity contribution in [2.24, 2.45) is 0 Å².